The Morgan fingerprint density at radius 3 is 2.85 bits per heavy atom. The van der Waals surface area contributed by atoms with E-state index >= 15 is 0 Å². The van der Waals surface area contributed by atoms with Crippen molar-refractivity contribution in [2.45, 2.75) is 13.0 Å². The number of nitro benzene ring substituents is 1. The molecule has 20 heavy (non-hydrogen) atoms. The summed E-state index contributed by atoms with van der Waals surface area (Å²) < 4.78 is 10.9. The van der Waals surface area contributed by atoms with E-state index in [4.69, 9.17) is 9.47 Å². The number of methoxy groups -OCH3 is 1. The molecule has 0 aromatic heterocycles. The van der Waals surface area contributed by atoms with Crippen LogP contribution in [0.4, 0.5) is 5.69 Å². The SMILES string of the molecule is COCCOCCCNCc1ccc(Br)cc1[N+](=O)[O-]. The topological polar surface area (TPSA) is 73.6 Å². The van der Waals surface area contributed by atoms with Crippen molar-refractivity contribution in [2.24, 2.45) is 0 Å². The van der Waals surface area contributed by atoms with E-state index in [-0.39, 0.29) is 10.6 Å². The molecular formula is C13H19BrN2O4. The Kier molecular flexibility index (Phi) is 8.36. The molecule has 0 fully saturated rings. The molecule has 0 radical (unpaired) electrons. The molecule has 1 N–H and O–H groups in total. The summed E-state index contributed by atoms with van der Waals surface area (Å²) in [5.74, 6) is 0. The maximum atomic E-state index is 10.9. The van der Waals surface area contributed by atoms with Gasteiger partial charge < -0.3 is 14.8 Å². The van der Waals surface area contributed by atoms with Gasteiger partial charge in [-0.3, -0.25) is 10.1 Å². The lowest BCUT2D eigenvalue weighted by molar-refractivity contribution is -0.385. The summed E-state index contributed by atoms with van der Waals surface area (Å²) in [6, 6.07) is 5.08. The fourth-order valence-electron chi connectivity index (χ4n) is 1.62. The number of hydrogen-bond acceptors (Lipinski definition) is 5. The molecule has 0 amide bonds. The predicted octanol–water partition coefficient (Wildman–Crippen LogP) is 2.50. The number of hydrogen-bond donors (Lipinski definition) is 1. The Morgan fingerprint density at radius 1 is 1.35 bits per heavy atom. The summed E-state index contributed by atoms with van der Waals surface area (Å²) in [6.07, 6.45) is 0.855. The van der Waals surface area contributed by atoms with E-state index in [0.717, 1.165) is 13.0 Å². The van der Waals surface area contributed by atoms with Gasteiger partial charge in [-0.2, -0.15) is 0 Å². The maximum Gasteiger partial charge on any atom is 0.275 e. The van der Waals surface area contributed by atoms with Gasteiger partial charge in [0.1, 0.15) is 0 Å². The second kappa shape index (κ2) is 9.82. The Morgan fingerprint density at radius 2 is 2.15 bits per heavy atom. The van der Waals surface area contributed by atoms with Crippen molar-refractivity contribution in [3.63, 3.8) is 0 Å². The largest absolute Gasteiger partial charge is 0.382 e. The molecule has 1 rings (SSSR count). The van der Waals surface area contributed by atoms with Crippen LogP contribution in [0.5, 0.6) is 0 Å². The molecule has 0 aliphatic carbocycles. The minimum Gasteiger partial charge on any atom is -0.382 e. The van der Waals surface area contributed by atoms with E-state index in [9.17, 15) is 10.1 Å². The van der Waals surface area contributed by atoms with Crippen LogP contribution in [0.2, 0.25) is 0 Å². The third-order valence-electron chi connectivity index (χ3n) is 2.63. The molecule has 0 spiro atoms. The van der Waals surface area contributed by atoms with Crippen molar-refractivity contribution in [3.8, 4) is 0 Å². The molecule has 0 heterocycles. The second-order valence-electron chi connectivity index (χ2n) is 4.17. The third-order valence-corrected chi connectivity index (χ3v) is 3.13. The highest BCUT2D eigenvalue weighted by molar-refractivity contribution is 9.10. The molecular weight excluding hydrogens is 328 g/mol. The standard InChI is InChI=1S/C13H19BrN2O4/c1-19-7-8-20-6-2-5-15-10-11-3-4-12(14)9-13(11)16(17)18/h3-4,9,15H,2,5-8,10H2,1H3. The molecule has 112 valence electrons. The molecule has 0 saturated carbocycles. The zero-order valence-electron chi connectivity index (χ0n) is 11.4. The van der Waals surface area contributed by atoms with E-state index in [2.05, 4.69) is 21.2 Å². The van der Waals surface area contributed by atoms with Crippen LogP contribution in [0.15, 0.2) is 22.7 Å². The van der Waals surface area contributed by atoms with Gasteiger partial charge >= 0.3 is 0 Å². The summed E-state index contributed by atoms with van der Waals surface area (Å²) in [6.45, 7) is 3.06. The molecule has 1 aromatic carbocycles. The first-order valence-electron chi connectivity index (χ1n) is 6.35. The van der Waals surface area contributed by atoms with Gasteiger partial charge in [-0.05, 0) is 25.1 Å². The number of benzene rings is 1. The lowest BCUT2D eigenvalue weighted by Gasteiger charge is -2.07. The normalized spacial score (nSPS) is 10.7. The van der Waals surface area contributed by atoms with Gasteiger partial charge in [0.2, 0.25) is 0 Å². The minimum absolute atomic E-state index is 0.128. The predicted molar refractivity (Wildman–Crippen MR) is 79.8 cm³/mol. The van der Waals surface area contributed by atoms with E-state index in [0.29, 0.717) is 36.4 Å². The lowest BCUT2D eigenvalue weighted by Crippen LogP contribution is -2.17. The van der Waals surface area contributed by atoms with E-state index in [1.807, 2.05) is 0 Å². The lowest BCUT2D eigenvalue weighted by atomic mass is 10.2. The van der Waals surface area contributed by atoms with Crippen molar-refractivity contribution in [1.29, 1.82) is 0 Å². The van der Waals surface area contributed by atoms with Crippen molar-refractivity contribution < 1.29 is 14.4 Å². The number of ether oxygens (including phenoxy) is 2. The molecule has 7 heteroatoms. The Balaban J connectivity index is 2.27. The van der Waals surface area contributed by atoms with Gasteiger partial charge in [-0.25, -0.2) is 0 Å². The summed E-state index contributed by atoms with van der Waals surface area (Å²) in [5, 5.41) is 14.1. The van der Waals surface area contributed by atoms with Crippen LogP contribution in [0.1, 0.15) is 12.0 Å². The first kappa shape index (κ1) is 17.0. The van der Waals surface area contributed by atoms with E-state index in [1.165, 1.54) is 6.07 Å². The summed E-state index contributed by atoms with van der Waals surface area (Å²) in [4.78, 5) is 10.6. The molecule has 1 aromatic rings. The van der Waals surface area contributed by atoms with Crippen LogP contribution in [0.25, 0.3) is 0 Å². The van der Waals surface area contributed by atoms with E-state index in [1.54, 1.807) is 19.2 Å². The fourth-order valence-corrected chi connectivity index (χ4v) is 1.97. The molecule has 0 bridgehead atoms. The van der Waals surface area contributed by atoms with Gasteiger partial charge in [0.25, 0.3) is 5.69 Å². The number of nitrogens with one attached hydrogen (secondary N) is 1. The average molecular weight is 347 g/mol. The van der Waals surface area contributed by atoms with Crippen LogP contribution in [0.3, 0.4) is 0 Å². The first-order valence-corrected chi connectivity index (χ1v) is 7.14. The number of nitro groups is 1. The minimum atomic E-state index is -0.365. The second-order valence-corrected chi connectivity index (χ2v) is 5.08. The molecule has 0 saturated heterocycles. The highest BCUT2D eigenvalue weighted by atomic mass is 79.9. The smallest absolute Gasteiger partial charge is 0.275 e. The van der Waals surface area contributed by atoms with E-state index < -0.39 is 0 Å². The van der Waals surface area contributed by atoms with Gasteiger partial charge in [0.05, 0.1) is 18.1 Å². The maximum absolute atomic E-state index is 10.9. The first-order chi connectivity index (χ1) is 9.65. The van der Waals surface area contributed by atoms with Gasteiger partial charge in [0.15, 0.2) is 0 Å². The van der Waals surface area contributed by atoms with Crippen molar-refractivity contribution >= 4 is 21.6 Å². The van der Waals surface area contributed by atoms with Gasteiger partial charge in [-0.15, -0.1) is 0 Å². The molecule has 0 atom stereocenters. The molecule has 6 nitrogen and oxygen atoms in total. The van der Waals surface area contributed by atoms with Crippen LogP contribution in [0, 0.1) is 10.1 Å². The number of nitrogens with zero attached hydrogens (tertiary/aromatic N) is 1. The average Bonchev–Trinajstić information content (AvgIpc) is 2.43. The number of halogens is 1. The Labute approximate surface area is 126 Å². The van der Waals surface area contributed by atoms with Crippen molar-refractivity contribution in [1.82, 2.24) is 5.32 Å². The van der Waals surface area contributed by atoms with Gasteiger partial charge in [0, 0.05) is 36.4 Å². The quantitative estimate of drug-likeness (QED) is 0.400. The highest BCUT2D eigenvalue weighted by Gasteiger charge is 2.13. The van der Waals surface area contributed by atoms with Crippen molar-refractivity contribution in [3.05, 3.63) is 38.3 Å². The monoisotopic (exact) mass is 346 g/mol. The van der Waals surface area contributed by atoms with Gasteiger partial charge in [-0.1, -0.05) is 15.9 Å². The van der Waals surface area contributed by atoms with Crippen LogP contribution >= 0.6 is 15.9 Å². The third kappa shape index (κ3) is 6.42. The summed E-state index contributed by atoms with van der Waals surface area (Å²) >= 11 is 3.24. The molecule has 0 aliphatic rings. The van der Waals surface area contributed by atoms with Crippen LogP contribution in [-0.2, 0) is 16.0 Å². The number of rotatable bonds is 10. The van der Waals surface area contributed by atoms with Crippen LogP contribution in [-0.4, -0.2) is 38.4 Å². The van der Waals surface area contributed by atoms with Crippen molar-refractivity contribution in [2.75, 3.05) is 33.5 Å². The Hall–Kier alpha value is -1.02. The Bertz CT molecular complexity index is 429. The zero-order valence-corrected chi connectivity index (χ0v) is 13.0. The summed E-state index contributed by atoms with van der Waals surface area (Å²) in [5.41, 5.74) is 0.807. The zero-order chi connectivity index (χ0) is 14.8. The fraction of sp³-hybridized carbons (Fsp3) is 0.538. The molecule has 0 aliphatic heterocycles. The summed E-state index contributed by atoms with van der Waals surface area (Å²) in [7, 11) is 1.63. The molecule has 0 unspecified atom stereocenters. The highest BCUT2D eigenvalue weighted by Crippen LogP contribution is 2.23. The van der Waals surface area contributed by atoms with Crippen LogP contribution < -0.4 is 5.32 Å².